The highest BCUT2D eigenvalue weighted by atomic mass is 35.5. The van der Waals surface area contributed by atoms with E-state index >= 15 is 0 Å². The predicted octanol–water partition coefficient (Wildman–Crippen LogP) is 2.77. The standard InChI is InChI=1S/C14H14ClNO2S/c15-13-7-3-4-8-14(13)19(17,18)10-12-6-2-1-5-11(12)9-16/h1-8H,9-10,16H2. The van der Waals surface area contributed by atoms with E-state index in [1.165, 1.54) is 6.07 Å². The molecule has 0 saturated carbocycles. The van der Waals surface area contributed by atoms with Crippen LogP contribution in [-0.4, -0.2) is 8.42 Å². The molecule has 3 nitrogen and oxygen atoms in total. The molecule has 0 aliphatic rings. The molecule has 2 rings (SSSR count). The lowest BCUT2D eigenvalue weighted by atomic mass is 10.1. The summed E-state index contributed by atoms with van der Waals surface area (Å²) in [5.74, 6) is -0.0931. The van der Waals surface area contributed by atoms with E-state index < -0.39 is 9.84 Å². The smallest absolute Gasteiger partial charge is 0.183 e. The van der Waals surface area contributed by atoms with E-state index in [-0.39, 0.29) is 15.7 Å². The summed E-state index contributed by atoms with van der Waals surface area (Å²) in [6.45, 7) is 0.314. The van der Waals surface area contributed by atoms with Crippen molar-refractivity contribution in [1.82, 2.24) is 0 Å². The van der Waals surface area contributed by atoms with Crippen LogP contribution >= 0.6 is 11.6 Å². The molecule has 0 unspecified atom stereocenters. The molecule has 0 saturated heterocycles. The van der Waals surface area contributed by atoms with Crippen molar-refractivity contribution in [1.29, 1.82) is 0 Å². The molecule has 2 N–H and O–H groups in total. The summed E-state index contributed by atoms with van der Waals surface area (Å²) in [6.07, 6.45) is 0. The SMILES string of the molecule is NCc1ccccc1CS(=O)(=O)c1ccccc1Cl. The molecule has 0 radical (unpaired) electrons. The van der Waals surface area contributed by atoms with Gasteiger partial charge < -0.3 is 5.73 Å². The Balaban J connectivity index is 2.40. The van der Waals surface area contributed by atoms with E-state index in [2.05, 4.69) is 0 Å². The first kappa shape index (κ1) is 14.1. The number of halogens is 1. The summed E-state index contributed by atoms with van der Waals surface area (Å²) in [5.41, 5.74) is 7.16. The largest absolute Gasteiger partial charge is 0.326 e. The highest BCUT2D eigenvalue weighted by molar-refractivity contribution is 7.90. The van der Waals surface area contributed by atoms with Gasteiger partial charge in [0.05, 0.1) is 15.7 Å². The normalized spacial score (nSPS) is 11.5. The van der Waals surface area contributed by atoms with Crippen LogP contribution in [0.15, 0.2) is 53.4 Å². The zero-order valence-electron chi connectivity index (χ0n) is 10.2. The maximum absolute atomic E-state index is 12.4. The number of hydrogen-bond acceptors (Lipinski definition) is 3. The van der Waals surface area contributed by atoms with Gasteiger partial charge in [0.15, 0.2) is 9.84 Å². The topological polar surface area (TPSA) is 60.2 Å². The van der Waals surface area contributed by atoms with E-state index in [1.54, 1.807) is 30.3 Å². The average molecular weight is 296 g/mol. The molecule has 2 aromatic rings. The molecule has 100 valence electrons. The highest BCUT2D eigenvalue weighted by Gasteiger charge is 2.19. The summed E-state index contributed by atoms with van der Waals surface area (Å²) in [7, 11) is -3.46. The number of nitrogens with two attached hydrogens (primary N) is 1. The summed E-state index contributed by atoms with van der Waals surface area (Å²) in [4.78, 5) is 0.156. The van der Waals surface area contributed by atoms with Crippen LogP contribution in [0.2, 0.25) is 5.02 Å². The second kappa shape index (κ2) is 5.74. The third-order valence-corrected chi connectivity index (χ3v) is 5.01. The van der Waals surface area contributed by atoms with Crippen LogP contribution in [0.1, 0.15) is 11.1 Å². The Labute approximate surface area is 117 Å². The van der Waals surface area contributed by atoms with Crippen molar-refractivity contribution in [2.24, 2.45) is 5.73 Å². The van der Waals surface area contributed by atoms with Gasteiger partial charge in [-0.1, -0.05) is 48.0 Å². The van der Waals surface area contributed by atoms with Crippen molar-refractivity contribution in [3.8, 4) is 0 Å². The fourth-order valence-electron chi connectivity index (χ4n) is 1.88. The first-order valence-electron chi connectivity index (χ1n) is 5.79. The molecule has 0 aromatic heterocycles. The molecule has 0 aliphatic heterocycles. The molecular weight excluding hydrogens is 282 g/mol. The zero-order chi connectivity index (χ0) is 13.9. The highest BCUT2D eigenvalue weighted by Crippen LogP contribution is 2.25. The van der Waals surface area contributed by atoms with Crippen LogP contribution < -0.4 is 5.73 Å². The minimum Gasteiger partial charge on any atom is -0.326 e. The predicted molar refractivity (Wildman–Crippen MR) is 76.7 cm³/mol. The van der Waals surface area contributed by atoms with Gasteiger partial charge in [-0.25, -0.2) is 8.42 Å². The molecule has 0 amide bonds. The first-order valence-corrected chi connectivity index (χ1v) is 7.82. The first-order chi connectivity index (χ1) is 9.04. The Morgan fingerprint density at radius 1 is 0.947 bits per heavy atom. The summed E-state index contributed by atoms with van der Waals surface area (Å²) in [5, 5.41) is 0.243. The van der Waals surface area contributed by atoms with Crippen LogP contribution in [0.5, 0.6) is 0 Å². The van der Waals surface area contributed by atoms with Crippen LogP contribution in [0.4, 0.5) is 0 Å². The molecule has 2 aromatic carbocycles. The van der Waals surface area contributed by atoms with Crippen molar-refractivity contribution >= 4 is 21.4 Å². The molecule has 19 heavy (non-hydrogen) atoms. The molecule has 5 heteroatoms. The lowest BCUT2D eigenvalue weighted by Gasteiger charge is -2.09. The van der Waals surface area contributed by atoms with Crippen molar-refractivity contribution in [3.63, 3.8) is 0 Å². The fourth-order valence-corrected chi connectivity index (χ4v) is 3.86. The van der Waals surface area contributed by atoms with E-state index in [1.807, 2.05) is 12.1 Å². The van der Waals surface area contributed by atoms with Crippen molar-refractivity contribution in [2.45, 2.75) is 17.2 Å². The van der Waals surface area contributed by atoms with Crippen LogP contribution in [0, 0.1) is 0 Å². The zero-order valence-corrected chi connectivity index (χ0v) is 11.8. The van der Waals surface area contributed by atoms with Crippen LogP contribution in [0.3, 0.4) is 0 Å². The molecule has 0 atom stereocenters. The number of sulfone groups is 1. The Bertz CT molecular complexity index is 683. The van der Waals surface area contributed by atoms with Gasteiger partial charge in [-0.15, -0.1) is 0 Å². The van der Waals surface area contributed by atoms with Gasteiger partial charge in [0, 0.05) is 6.54 Å². The van der Waals surface area contributed by atoms with Gasteiger partial charge in [-0.3, -0.25) is 0 Å². The number of rotatable bonds is 4. The van der Waals surface area contributed by atoms with Gasteiger partial charge in [0.25, 0.3) is 0 Å². The second-order valence-electron chi connectivity index (χ2n) is 4.16. The van der Waals surface area contributed by atoms with Crippen LogP contribution in [0.25, 0.3) is 0 Å². The van der Waals surface area contributed by atoms with E-state index in [4.69, 9.17) is 17.3 Å². The van der Waals surface area contributed by atoms with E-state index in [0.29, 0.717) is 12.1 Å². The Hall–Kier alpha value is -1.36. The van der Waals surface area contributed by atoms with E-state index in [9.17, 15) is 8.42 Å². The minimum absolute atomic E-state index is 0.0931. The summed E-state index contributed by atoms with van der Waals surface area (Å²) in [6, 6.07) is 13.7. The van der Waals surface area contributed by atoms with Gasteiger partial charge in [0.2, 0.25) is 0 Å². The van der Waals surface area contributed by atoms with E-state index in [0.717, 1.165) is 5.56 Å². The van der Waals surface area contributed by atoms with Crippen LogP contribution in [-0.2, 0) is 22.1 Å². The average Bonchev–Trinajstić information content (AvgIpc) is 2.39. The lowest BCUT2D eigenvalue weighted by molar-refractivity contribution is 0.595. The van der Waals surface area contributed by atoms with Crippen molar-refractivity contribution < 1.29 is 8.42 Å². The molecule has 0 bridgehead atoms. The Morgan fingerprint density at radius 3 is 2.16 bits per heavy atom. The van der Waals surface area contributed by atoms with Gasteiger partial charge in [-0.2, -0.15) is 0 Å². The van der Waals surface area contributed by atoms with Crippen molar-refractivity contribution in [2.75, 3.05) is 0 Å². The molecule has 0 aliphatic carbocycles. The number of hydrogen-bond donors (Lipinski definition) is 1. The maximum Gasteiger partial charge on any atom is 0.183 e. The lowest BCUT2D eigenvalue weighted by Crippen LogP contribution is -2.09. The quantitative estimate of drug-likeness (QED) is 0.943. The summed E-state index contributed by atoms with van der Waals surface area (Å²) >= 11 is 5.94. The number of benzene rings is 2. The molecular formula is C14H14ClNO2S. The molecule has 0 fully saturated rings. The molecule has 0 heterocycles. The third kappa shape index (κ3) is 3.15. The fraction of sp³-hybridized carbons (Fsp3) is 0.143. The van der Waals surface area contributed by atoms with Gasteiger partial charge in [-0.05, 0) is 23.3 Å². The Morgan fingerprint density at radius 2 is 1.53 bits per heavy atom. The molecule has 0 spiro atoms. The van der Waals surface area contributed by atoms with Crippen molar-refractivity contribution in [3.05, 3.63) is 64.7 Å². The van der Waals surface area contributed by atoms with Gasteiger partial charge in [0.1, 0.15) is 0 Å². The second-order valence-corrected chi connectivity index (χ2v) is 6.53. The maximum atomic E-state index is 12.4. The third-order valence-electron chi connectivity index (χ3n) is 2.86. The minimum atomic E-state index is -3.46. The monoisotopic (exact) mass is 295 g/mol. The van der Waals surface area contributed by atoms with Gasteiger partial charge >= 0.3 is 0 Å². The Kier molecular flexibility index (Phi) is 4.24. The summed E-state index contributed by atoms with van der Waals surface area (Å²) < 4.78 is 24.7.